The van der Waals surface area contributed by atoms with Crippen molar-refractivity contribution in [2.45, 2.75) is 25.7 Å². The van der Waals surface area contributed by atoms with E-state index in [1.807, 2.05) is 0 Å². The van der Waals surface area contributed by atoms with E-state index in [0.29, 0.717) is 25.4 Å². The Morgan fingerprint density at radius 1 is 1.13 bits per heavy atom. The van der Waals surface area contributed by atoms with Crippen molar-refractivity contribution in [1.29, 1.82) is 0 Å². The molecular weight excluding hydrogens is 402 g/mol. The summed E-state index contributed by atoms with van der Waals surface area (Å²) in [5.41, 5.74) is 0.0449. The van der Waals surface area contributed by atoms with Crippen molar-refractivity contribution in [1.82, 2.24) is 10.2 Å². The fraction of sp³-hybridized carbons (Fsp3) is 0.417. The van der Waals surface area contributed by atoms with E-state index in [1.54, 1.807) is 24.1 Å². The van der Waals surface area contributed by atoms with Crippen LogP contribution in [0.4, 0.5) is 8.78 Å². The van der Waals surface area contributed by atoms with Crippen LogP contribution in [0.15, 0.2) is 36.4 Å². The average Bonchev–Trinajstić information content (AvgIpc) is 3.21. The number of carbonyl (C=O) groups excluding carboxylic acids is 2. The van der Waals surface area contributed by atoms with Gasteiger partial charge >= 0.3 is 0 Å². The smallest absolute Gasteiger partial charge is 0.254 e. The van der Waals surface area contributed by atoms with Gasteiger partial charge in [-0.25, -0.2) is 8.78 Å². The van der Waals surface area contributed by atoms with Crippen LogP contribution in [0.1, 0.15) is 36.0 Å². The zero-order valence-corrected chi connectivity index (χ0v) is 17.4. The second-order valence-electron chi connectivity index (χ2n) is 8.54. The Kier molecular flexibility index (Phi) is 5.94. The average molecular weight is 428 g/mol. The van der Waals surface area contributed by atoms with Crippen molar-refractivity contribution in [2.75, 3.05) is 20.1 Å². The van der Waals surface area contributed by atoms with E-state index in [9.17, 15) is 23.5 Å². The summed E-state index contributed by atoms with van der Waals surface area (Å²) in [5, 5.41) is 12.7. The Morgan fingerprint density at radius 2 is 1.90 bits per heavy atom. The molecule has 2 aromatic carbocycles. The first-order valence-electron chi connectivity index (χ1n) is 10.7. The molecule has 1 heterocycles. The standard InChI is InChI=1S/C24H26F2N2O3/c1-27-22(30)11-14-5-4-6-15-12-28(13-19(14)15)24(31)16-9-18(23(26)20(25)10-16)17-7-2-3-8-21(17)29/h2-3,7-10,14-15,19,29H,4-6,11-13H2,1H3,(H,27,30)/t14-,15-,19-/m1/s1. The van der Waals surface area contributed by atoms with Crippen LogP contribution in [-0.2, 0) is 4.79 Å². The Labute approximate surface area is 180 Å². The number of phenols is 1. The van der Waals surface area contributed by atoms with Crippen molar-refractivity contribution < 1.29 is 23.5 Å². The summed E-state index contributed by atoms with van der Waals surface area (Å²) in [5.74, 6) is -2.00. The lowest BCUT2D eigenvalue weighted by Crippen LogP contribution is -2.32. The number of hydrogen-bond acceptors (Lipinski definition) is 3. The number of carbonyl (C=O) groups is 2. The number of fused-ring (bicyclic) bond motifs is 1. The second kappa shape index (κ2) is 8.65. The maximum atomic E-state index is 14.5. The Bertz CT molecular complexity index is 1010. The maximum Gasteiger partial charge on any atom is 0.254 e. The monoisotopic (exact) mass is 428 g/mol. The quantitative estimate of drug-likeness (QED) is 0.775. The predicted molar refractivity (Wildman–Crippen MR) is 112 cm³/mol. The molecule has 2 aromatic rings. The van der Waals surface area contributed by atoms with Crippen LogP contribution in [0.3, 0.4) is 0 Å². The van der Waals surface area contributed by atoms with Gasteiger partial charge in [0, 0.05) is 43.2 Å². The minimum Gasteiger partial charge on any atom is -0.507 e. The van der Waals surface area contributed by atoms with Crippen LogP contribution < -0.4 is 5.32 Å². The highest BCUT2D eigenvalue weighted by molar-refractivity contribution is 5.96. The van der Waals surface area contributed by atoms with Gasteiger partial charge in [-0.15, -0.1) is 0 Å². The first kappa shape index (κ1) is 21.3. The molecule has 1 saturated heterocycles. The van der Waals surface area contributed by atoms with Crippen molar-refractivity contribution in [3.05, 3.63) is 53.6 Å². The van der Waals surface area contributed by atoms with Gasteiger partial charge in [0.25, 0.3) is 5.91 Å². The summed E-state index contributed by atoms with van der Waals surface area (Å²) >= 11 is 0. The van der Waals surface area contributed by atoms with E-state index in [2.05, 4.69) is 5.32 Å². The van der Waals surface area contributed by atoms with Gasteiger partial charge in [0.1, 0.15) is 5.75 Å². The SMILES string of the molecule is CNC(=O)C[C@H]1CCC[C@@H]2CN(C(=O)c3cc(F)c(F)c(-c4ccccc4O)c3)C[C@H]12. The molecule has 1 aliphatic heterocycles. The molecule has 0 spiro atoms. The Morgan fingerprint density at radius 3 is 2.65 bits per heavy atom. The molecule has 2 aliphatic rings. The van der Waals surface area contributed by atoms with Gasteiger partial charge in [-0.2, -0.15) is 0 Å². The van der Waals surface area contributed by atoms with Crippen LogP contribution >= 0.6 is 0 Å². The number of rotatable bonds is 4. The number of likely N-dealkylation sites (tertiary alicyclic amines) is 1. The molecule has 0 bridgehead atoms. The first-order valence-corrected chi connectivity index (χ1v) is 10.7. The van der Waals surface area contributed by atoms with Gasteiger partial charge < -0.3 is 15.3 Å². The number of hydrogen-bond donors (Lipinski definition) is 2. The molecule has 2 fully saturated rings. The molecule has 2 amide bonds. The normalized spacial score (nSPS) is 22.8. The minimum atomic E-state index is -1.13. The summed E-state index contributed by atoms with van der Waals surface area (Å²) in [6, 6.07) is 8.29. The van der Waals surface area contributed by atoms with Gasteiger partial charge in [-0.05, 0) is 48.8 Å². The molecule has 4 rings (SSSR count). The zero-order valence-electron chi connectivity index (χ0n) is 17.4. The lowest BCUT2D eigenvalue weighted by Gasteiger charge is -2.32. The molecule has 5 nitrogen and oxygen atoms in total. The minimum absolute atomic E-state index is 0.00310. The highest BCUT2D eigenvalue weighted by Gasteiger charge is 2.42. The summed E-state index contributed by atoms with van der Waals surface area (Å²) in [6.45, 7) is 1.06. The number of para-hydroxylation sites is 1. The third-order valence-corrected chi connectivity index (χ3v) is 6.73. The van der Waals surface area contributed by atoms with E-state index >= 15 is 0 Å². The third kappa shape index (κ3) is 4.13. The third-order valence-electron chi connectivity index (χ3n) is 6.73. The van der Waals surface area contributed by atoms with Crippen LogP contribution in [0.5, 0.6) is 5.75 Å². The Hall–Kier alpha value is -2.96. The number of benzene rings is 2. The van der Waals surface area contributed by atoms with Crippen LogP contribution in [-0.4, -0.2) is 42.0 Å². The van der Waals surface area contributed by atoms with Crippen LogP contribution in [0, 0.1) is 29.4 Å². The van der Waals surface area contributed by atoms with Crippen molar-refractivity contribution in [3.8, 4) is 16.9 Å². The summed E-state index contributed by atoms with van der Waals surface area (Å²) in [4.78, 5) is 26.8. The van der Waals surface area contributed by atoms with E-state index < -0.39 is 11.6 Å². The summed E-state index contributed by atoms with van der Waals surface area (Å²) in [7, 11) is 1.62. The lowest BCUT2D eigenvalue weighted by atomic mass is 9.72. The number of aromatic hydroxyl groups is 1. The number of nitrogens with one attached hydrogen (secondary N) is 1. The van der Waals surface area contributed by atoms with Crippen molar-refractivity contribution in [2.24, 2.45) is 17.8 Å². The molecule has 1 saturated carbocycles. The highest BCUT2D eigenvalue weighted by Crippen LogP contribution is 2.42. The number of halogens is 2. The zero-order chi connectivity index (χ0) is 22.1. The number of nitrogens with zero attached hydrogens (tertiary/aromatic N) is 1. The van der Waals surface area contributed by atoms with E-state index in [-0.39, 0.29) is 46.1 Å². The van der Waals surface area contributed by atoms with E-state index in [0.717, 1.165) is 25.3 Å². The van der Waals surface area contributed by atoms with Gasteiger partial charge in [0.05, 0.1) is 0 Å². The second-order valence-corrected chi connectivity index (χ2v) is 8.54. The lowest BCUT2D eigenvalue weighted by molar-refractivity contribution is -0.122. The molecular formula is C24H26F2N2O3. The summed E-state index contributed by atoms with van der Waals surface area (Å²) < 4.78 is 28.9. The number of phenolic OH excluding ortho intramolecular Hbond substituents is 1. The maximum absolute atomic E-state index is 14.5. The van der Waals surface area contributed by atoms with Gasteiger partial charge in [-0.3, -0.25) is 9.59 Å². The molecule has 3 atom stereocenters. The largest absolute Gasteiger partial charge is 0.507 e. The number of amides is 2. The topological polar surface area (TPSA) is 69.6 Å². The van der Waals surface area contributed by atoms with Crippen LogP contribution in [0.25, 0.3) is 11.1 Å². The molecule has 2 N–H and O–H groups in total. The fourth-order valence-electron chi connectivity index (χ4n) is 5.14. The molecule has 7 heteroatoms. The van der Waals surface area contributed by atoms with E-state index in [1.165, 1.54) is 18.2 Å². The van der Waals surface area contributed by atoms with Crippen LogP contribution in [0.2, 0.25) is 0 Å². The molecule has 164 valence electrons. The molecule has 1 aliphatic carbocycles. The molecule has 0 aromatic heterocycles. The summed E-state index contributed by atoms with van der Waals surface area (Å²) in [6.07, 6.45) is 3.43. The highest BCUT2D eigenvalue weighted by atomic mass is 19.2. The first-order chi connectivity index (χ1) is 14.9. The van der Waals surface area contributed by atoms with Gasteiger partial charge in [0.15, 0.2) is 11.6 Å². The predicted octanol–water partition coefficient (Wildman–Crippen LogP) is 3.96. The molecule has 0 unspecified atom stereocenters. The fourth-order valence-corrected chi connectivity index (χ4v) is 5.14. The molecule has 31 heavy (non-hydrogen) atoms. The van der Waals surface area contributed by atoms with Gasteiger partial charge in [0.2, 0.25) is 5.91 Å². The van der Waals surface area contributed by atoms with E-state index in [4.69, 9.17) is 0 Å². The van der Waals surface area contributed by atoms with Crippen molar-refractivity contribution >= 4 is 11.8 Å². The molecule has 0 radical (unpaired) electrons. The Balaban J connectivity index is 1.59. The van der Waals surface area contributed by atoms with Gasteiger partial charge in [-0.1, -0.05) is 24.6 Å². The van der Waals surface area contributed by atoms with Crippen molar-refractivity contribution in [3.63, 3.8) is 0 Å².